The van der Waals surface area contributed by atoms with Crippen molar-refractivity contribution < 1.29 is 9.53 Å². The third-order valence-electron chi connectivity index (χ3n) is 3.11. The van der Waals surface area contributed by atoms with Crippen molar-refractivity contribution in [1.29, 1.82) is 0 Å². The first-order chi connectivity index (χ1) is 9.67. The van der Waals surface area contributed by atoms with Gasteiger partial charge in [-0.1, -0.05) is 37.3 Å². The number of nitrogens with two attached hydrogens (primary N) is 1. The number of nitrogens with one attached hydrogen (secondary N) is 1. The van der Waals surface area contributed by atoms with E-state index in [2.05, 4.69) is 12.2 Å². The van der Waals surface area contributed by atoms with Crippen LogP contribution in [0.4, 0.5) is 0 Å². The lowest BCUT2D eigenvalue weighted by Crippen LogP contribution is -2.55. The molecule has 0 saturated heterocycles. The average molecular weight is 296 g/mol. The van der Waals surface area contributed by atoms with Gasteiger partial charge in [0.05, 0.1) is 6.61 Å². The first-order valence-electron chi connectivity index (χ1n) is 6.84. The Morgan fingerprint density at radius 3 is 2.65 bits per heavy atom. The van der Waals surface area contributed by atoms with Crippen LogP contribution in [0.15, 0.2) is 30.3 Å². The number of benzene rings is 1. The normalized spacial score (nSPS) is 13.9. The molecule has 20 heavy (non-hydrogen) atoms. The van der Waals surface area contributed by atoms with Gasteiger partial charge in [0.15, 0.2) is 0 Å². The van der Waals surface area contributed by atoms with Gasteiger partial charge in [-0.05, 0) is 18.5 Å². The average Bonchev–Trinajstić information content (AvgIpc) is 2.47. The van der Waals surface area contributed by atoms with Crippen LogP contribution >= 0.6 is 11.8 Å². The minimum Gasteiger partial charge on any atom is -0.384 e. The Balaban J connectivity index is 2.92. The van der Waals surface area contributed by atoms with Gasteiger partial charge in [0.1, 0.15) is 5.54 Å². The predicted molar refractivity (Wildman–Crippen MR) is 84.8 cm³/mol. The number of hydrogen-bond acceptors (Lipinski definition) is 4. The Hall–Kier alpha value is -1.04. The monoisotopic (exact) mass is 296 g/mol. The van der Waals surface area contributed by atoms with Crippen molar-refractivity contribution >= 4 is 17.7 Å². The van der Waals surface area contributed by atoms with Crippen LogP contribution in [0, 0.1) is 0 Å². The fourth-order valence-corrected chi connectivity index (χ4v) is 3.11. The van der Waals surface area contributed by atoms with Gasteiger partial charge in [0.25, 0.3) is 0 Å². The molecule has 0 aliphatic carbocycles. The second kappa shape index (κ2) is 9.00. The molecule has 0 radical (unpaired) electrons. The lowest BCUT2D eigenvalue weighted by atomic mass is 9.91. The van der Waals surface area contributed by atoms with Gasteiger partial charge in [0.2, 0.25) is 5.91 Å². The van der Waals surface area contributed by atoms with Crippen LogP contribution in [0.2, 0.25) is 0 Å². The Kier molecular flexibility index (Phi) is 7.65. The molecule has 0 spiro atoms. The third kappa shape index (κ3) is 4.51. The summed E-state index contributed by atoms with van der Waals surface area (Å²) in [4.78, 5) is 12.1. The van der Waals surface area contributed by atoms with Crippen LogP contribution in [0.3, 0.4) is 0 Å². The van der Waals surface area contributed by atoms with Gasteiger partial charge < -0.3 is 10.5 Å². The summed E-state index contributed by atoms with van der Waals surface area (Å²) in [7, 11) is 1.68. The molecule has 1 atom stereocenters. The number of rotatable bonds is 10. The van der Waals surface area contributed by atoms with Crippen LogP contribution in [-0.2, 0) is 15.1 Å². The van der Waals surface area contributed by atoms with E-state index in [4.69, 9.17) is 10.5 Å². The molecular weight excluding hydrogens is 272 g/mol. The number of ether oxygens (including phenoxy) is 1. The highest BCUT2D eigenvalue weighted by atomic mass is 32.2. The molecule has 0 heterocycles. The summed E-state index contributed by atoms with van der Waals surface area (Å²) in [6.07, 6.45) is 0.949. The van der Waals surface area contributed by atoms with Crippen molar-refractivity contribution in [3.8, 4) is 0 Å². The molecule has 0 fully saturated rings. The van der Waals surface area contributed by atoms with E-state index < -0.39 is 5.54 Å². The van der Waals surface area contributed by atoms with E-state index in [1.54, 1.807) is 18.9 Å². The minimum absolute atomic E-state index is 0.331. The topological polar surface area (TPSA) is 64.3 Å². The molecule has 4 nitrogen and oxygen atoms in total. The van der Waals surface area contributed by atoms with Crippen LogP contribution < -0.4 is 11.1 Å². The maximum Gasteiger partial charge on any atom is 0.243 e. The summed E-state index contributed by atoms with van der Waals surface area (Å²) in [5.74, 6) is 1.11. The highest BCUT2D eigenvalue weighted by Gasteiger charge is 2.37. The van der Waals surface area contributed by atoms with E-state index >= 15 is 0 Å². The zero-order valence-corrected chi connectivity index (χ0v) is 13.0. The first kappa shape index (κ1) is 17.0. The summed E-state index contributed by atoms with van der Waals surface area (Å²) in [5, 5.41) is 3.34. The van der Waals surface area contributed by atoms with Crippen molar-refractivity contribution in [2.45, 2.75) is 18.9 Å². The second-order valence-electron chi connectivity index (χ2n) is 4.61. The Morgan fingerprint density at radius 2 is 2.10 bits per heavy atom. The van der Waals surface area contributed by atoms with Crippen LogP contribution in [-0.4, -0.2) is 37.7 Å². The fraction of sp³-hybridized carbons (Fsp3) is 0.533. The predicted octanol–water partition coefficient (Wildman–Crippen LogP) is 1.75. The van der Waals surface area contributed by atoms with Gasteiger partial charge in [-0.15, -0.1) is 0 Å². The SMILES string of the molecule is CCCNC(CSCCOC)(C(N)=O)c1ccccc1. The second-order valence-corrected chi connectivity index (χ2v) is 5.71. The summed E-state index contributed by atoms with van der Waals surface area (Å²) >= 11 is 1.67. The van der Waals surface area contributed by atoms with Crippen LogP contribution in [0.25, 0.3) is 0 Å². The zero-order valence-electron chi connectivity index (χ0n) is 12.2. The van der Waals surface area contributed by atoms with E-state index in [0.717, 1.165) is 24.3 Å². The Bertz CT molecular complexity index is 400. The molecule has 1 aromatic carbocycles. The lowest BCUT2D eigenvalue weighted by Gasteiger charge is -2.32. The van der Waals surface area contributed by atoms with Gasteiger partial charge in [-0.3, -0.25) is 10.1 Å². The van der Waals surface area contributed by atoms with E-state index in [0.29, 0.717) is 12.4 Å². The van der Waals surface area contributed by atoms with E-state index in [-0.39, 0.29) is 5.91 Å². The summed E-state index contributed by atoms with van der Waals surface area (Å²) < 4.78 is 5.05. The highest BCUT2D eigenvalue weighted by Crippen LogP contribution is 2.26. The molecule has 1 unspecified atom stereocenters. The molecule has 1 aromatic rings. The molecule has 1 rings (SSSR count). The fourth-order valence-electron chi connectivity index (χ4n) is 1.97. The largest absolute Gasteiger partial charge is 0.384 e. The number of amides is 1. The van der Waals surface area contributed by atoms with E-state index in [1.165, 1.54) is 0 Å². The number of hydrogen-bond donors (Lipinski definition) is 2. The lowest BCUT2D eigenvalue weighted by molar-refractivity contribution is -0.123. The maximum atomic E-state index is 12.1. The van der Waals surface area contributed by atoms with Crippen LogP contribution in [0.1, 0.15) is 18.9 Å². The Morgan fingerprint density at radius 1 is 1.40 bits per heavy atom. The molecule has 5 heteroatoms. The molecule has 0 aliphatic heterocycles. The van der Waals surface area contributed by atoms with E-state index in [1.807, 2.05) is 30.3 Å². The van der Waals surface area contributed by atoms with Gasteiger partial charge in [-0.25, -0.2) is 0 Å². The molecule has 3 N–H and O–H groups in total. The quantitative estimate of drug-likeness (QED) is 0.646. The minimum atomic E-state index is -0.810. The van der Waals surface area contributed by atoms with Gasteiger partial charge in [0, 0.05) is 18.6 Å². The van der Waals surface area contributed by atoms with Crippen molar-refractivity contribution in [3.05, 3.63) is 35.9 Å². The molecule has 1 amide bonds. The molecule has 0 bridgehead atoms. The molecule has 0 aliphatic rings. The maximum absolute atomic E-state index is 12.1. The molecular formula is C15H24N2O2S. The summed E-state index contributed by atoms with van der Waals surface area (Å²) in [6, 6.07) is 9.70. The van der Waals surface area contributed by atoms with E-state index in [9.17, 15) is 4.79 Å². The Labute approximate surface area is 125 Å². The number of methoxy groups -OCH3 is 1. The molecule has 0 saturated carbocycles. The summed E-state index contributed by atoms with van der Waals surface area (Å²) in [6.45, 7) is 3.49. The number of thioether (sulfide) groups is 1. The number of carbonyl (C=O) groups excluding carboxylic acids is 1. The standard InChI is InChI=1S/C15H24N2O2S/c1-3-9-17-15(14(16)18,12-20-11-10-19-2)13-7-5-4-6-8-13/h4-8,17H,3,9-12H2,1-2H3,(H2,16,18). The number of primary amides is 1. The van der Waals surface area contributed by atoms with Gasteiger partial charge in [-0.2, -0.15) is 11.8 Å². The van der Waals surface area contributed by atoms with Crippen molar-refractivity contribution in [3.63, 3.8) is 0 Å². The third-order valence-corrected chi connectivity index (χ3v) is 4.21. The van der Waals surface area contributed by atoms with Crippen molar-refractivity contribution in [2.24, 2.45) is 5.73 Å². The molecule has 112 valence electrons. The zero-order chi connectivity index (χ0) is 14.8. The van der Waals surface area contributed by atoms with Crippen LogP contribution in [0.5, 0.6) is 0 Å². The van der Waals surface area contributed by atoms with Gasteiger partial charge >= 0.3 is 0 Å². The smallest absolute Gasteiger partial charge is 0.243 e. The highest BCUT2D eigenvalue weighted by molar-refractivity contribution is 7.99. The van der Waals surface area contributed by atoms with Crippen molar-refractivity contribution in [2.75, 3.05) is 31.8 Å². The molecule has 0 aromatic heterocycles. The number of carbonyl (C=O) groups is 1. The summed E-state index contributed by atoms with van der Waals surface area (Å²) in [5.41, 5.74) is 5.83. The van der Waals surface area contributed by atoms with Crippen molar-refractivity contribution in [1.82, 2.24) is 5.32 Å². The first-order valence-corrected chi connectivity index (χ1v) is 8.00.